The Balaban J connectivity index is 2.26. The average Bonchev–Trinajstić information content (AvgIpc) is 2.43. The van der Waals surface area contributed by atoms with Gasteiger partial charge in [-0.3, -0.25) is 0 Å². The molecular weight excluding hydrogens is 339 g/mol. The molecule has 0 radical (unpaired) electrons. The Morgan fingerprint density at radius 2 is 2.10 bits per heavy atom. The van der Waals surface area contributed by atoms with E-state index in [0.29, 0.717) is 22.4 Å². The lowest BCUT2D eigenvalue weighted by atomic mass is 10.1. The molecule has 2 aromatic rings. The van der Waals surface area contributed by atoms with Gasteiger partial charge in [-0.05, 0) is 45.8 Å². The molecule has 0 bridgehead atoms. The number of hydrogen-bond acceptors (Lipinski definition) is 3. The number of rotatable bonds is 4. The average molecular weight is 353 g/mol. The molecule has 2 aromatic carbocycles. The predicted octanol–water partition coefficient (Wildman–Crippen LogP) is 3.51. The van der Waals surface area contributed by atoms with Crippen LogP contribution in [-0.4, -0.2) is 18.1 Å². The monoisotopic (exact) mass is 352 g/mol. The van der Waals surface area contributed by atoms with Crippen LogP contribution >= 0.6 is 15.9 Å². The molecule has 0 spiro atoms. The van der Waals surface area contributed by atoms with Crippen molar-refractivity contribution >= 4 is 33.3 Å². The molecule has 0 aliphatic heterocycles. The predicted molar refractivity (Wildman–Crippen MR) is 84.0 cm³/mol. The summed E-state index contributed by atoms with van der Waals surface area (Å²) in [6.45, 7) is 0.439. The number of nitrogens with zero attached hydrogens (tertiary/aromatic N) is 1. The third kappa shape index (κ3) is 3.33. The first-order chi connectivity index (χ1) is 9.90. The number of carboxylic acids is 1. The first-order valence-corrected chi connectivity index (χ1v) is 6.96. The van der Waals surface area contributed by atoms with Crippen molar-refractivity contribution in [2.24, 2.45) is 0 Å². The lowest BCUT2D eigenvalue weighted by molar-refractivity contribution is 0.0697. The van der Waals surface area contributed by atoms with Gasteiger partial charge in [0, 0.05) is 13.6 Å². The fraction of sp³-hybridized carbons (Fsp3) is 0.133. The Labute approximate surface area is 130 Å². The first-order valence-electron chi connectivity index (χ1n) is 6.17. The summed E-state index contributed by atoms with van der Waals surface area (Å²) in [6, 6.07) is 9.38. The molecule has 0 atom stereocenters. The molecule has 21 heavy (non-hydrogen) atoms. The maximum Gasteiger partial charge on any atom is 0.335 e. The van der Waals surface area contributed by atoms with E-state index >= 15 is 0 Å². The summed E-state index contributed by atoms with van der Waals surface area (Å²) in [4.78, 5) is 12.7. The number of halogens is 2. The minimum absolute atomic E-state index is 0.136. The smallest absolute Gasteiger partial charge is 0.335 e. The van der Waals surface area contributed by atoms with Gasteiger partial charge in [-0.25, -0.2) is 9.18 Å². The van der Waals surface area contributed by atoms with Crippen LogP contribution in [0.15, 0.2) is 40.9 Å². The lowest BCUT2D eigenvalue weighted by Gasteiger charge is -2.22. The zero-order chi connectivity index (χ0) is 15.6. The van der Waals surface area contributed by atoms with E-state index in [-0.39, 0.29) is 11.4 Å². The second kappa shape index (κ2) is 6.13. The molecule has 110 valence electrons. The number of hydrogen-bond donors (Lipinski definition) is 2. The summed E-state index contributed by atoms with van der Waals surface area (Å²) in [5, 5.41) is 8.92. The van der Waals surface area contributed by atoms with Gasteiger partial charge in [-0.2, -0.15) is 0 Å². The van der Waals surface area contributed by atoms with Gasteiger partial charge in [0.25, 0.3) is 0 Å². The summed E-state index contributed by atoms with van der Waals surface area (Å²) >= 11 is 3.22. The first kappa shape index (κ1) is 15.3. The quantitative estimate of drug-likeness (QED) is 0.826. The van der Waals surface area contributed by atoms with Gasteiger partial charge in [-0.15, -0.1) is 0 Å². The topological polar surface area (TPSA) is 66.6 Å². The SMILES string of the molecule is CN(Cc1cccc(F)c1Br)c1ccc(C(=O)O)cc1N. The number of benzene rings is 2. The highest BCUT2D eigenvalue weighted by molar-refractivity contribution is 9.10. The van der Waals surface area contributed by atoms with Crippen molar-refractivity contribution in [2.45, 2.75) is 6.54 Å². The summed E-state index contributed by atoms with van der Waals surface area (Å²) in [6.07, 6.45) is 0. The minimum Gasteiger partial charge on any atom is -0.478 e. The third-order valence-corrected chi connectivity index (χ3v) is 4.01. The molecule has 0 unspecified atom stereocenters. The van der Waals surface area contributed by atoms with Crippen molar-refractivity contribution in [1.29, 1.82) is 0 Å². The molecule has 0 heterocycles. The Morgan fingerprint density at radius 3 is 2.71 bits per heavy atom. The van der Waals surface area contributed by atoms with Gasteiger partial charge in [0.1, 0.15) is 5.82 Å². The number of nitrogen functional groups attached to an aromatic ring is 1. The van der Waals surface area contributed by atoms with E-state index in [9.17, 15) is 9.18 Å². The van der Waals surface area contributed by atoms with E-state index in [1.165, 1.54) is 18.2 Å². The zero-order valence-electron chi connectivity index (χ0n) is 11.3. The molecule has 3 N–H and O–H groups in total. The van der Waals surface area contributed by atoms with Crippen LogP contribution in [0.25, 0.3) is 0 Å². The number of carbonyl (C=O) groups is 1. The molecule has 6 heteroatoms. The standard InChI is InChI=1S/C15H14BrFN2O2/c1-19(8-10-3-2-4-11(17)14(10)16)13-6-5-9(15(20)21)7-12(13)18/h2-7H,8,18H2,1H3,(H,20,21). The van der Waals surface area contributed by atoms with Crippen LogP contribution < -0.4 is 10.6 Å². The van der Waals surface area contributed by atoms with Crippen molar-refractivity contribution in [3.05, 3.63) is 57.8 Å². The van der Waals surface area contributed by atoms with Gasteiger partial charge in [-0.1, -0.05) is 12.1 Å². The molecule has 0 aliphatic rings. The van der Waals surface area contributed by atoms with Gasteiger partial charge in [0.15, 0.2) is 0 Å². The maximum atomic E-state index is 13.5. The summed E-state index contributed by atoms with van der Waals surface area (Å²) in [5.41, 5.74) is 7.86. The highest BCUT2D eigenvalue weighted by Gasteiger charge is 2.12. The van der Waals surface area contributed by atoms with Crippen molar-refractivity contribution in [2.75, 3.05) is 17.7 Å². The molecule has 4 nitrogen and oxygen atoms in total. The highest BCUT2D eigenvalue weighted by atomic mass is 79.9. The van der Waals surface area contributed by atoms with Crippen LogP contribution in [0.4, 0.5) is 15.8 Å². The van der Waals surface area contributed by atoms with E-state index in [4.69, 9.17) is 10.8 Å². The number of nitrogens with two attached hydrogens (primary N) is 1. The maximum absolute atomic E-state index is 13.5. The van der Waals surface area contributed by atoms with Crippen LogP contribution in [-0.2, 0) is 6.54 Å². The second-order valence-electron chi connectivity index (χ2n) is 4.65. The zero-order valence-corrected chi connectivity index (χ0v) is 12.9. The van der Waals surface area contributed by atoms with Crippen LogP contribution in [0.5, 0.6) is 0 Å². The van der Waals surface area contributed by atoms with Crippen LogP contribution in [0.2, 0.25) is 0 Å². The van der Waals surface area contributed by atoms with Crippen molar-refractivity contribution in [3.63, 3.8) is 0 Å². The Kier molecular flexibility index (Phi) is 4.47. The van der Waals surface area contributed by atoms with Crippen LogP contribution in [0.3, 0.4) is 0 Å². The number of aromatic carboxylic acids is 1. The molecule has 0 saturated heterocycles. The van der Waals surface area contributed by atoms with E-state index in [1.54, 1.807) is 12.1 Å². The van der Waals surface area contributed by atoms with E-state index in [1.807, 2.05) is 18.0 Å². The molecule has 0 aliphatic carbocycles. The molecular formula is C15H14BrFN2O2. The van der Waals surface area contributed by atoms with Gasteiger partial charge in [0.2, 0.25) is 0 Å². The van der Waals surface area contributed by atoms with Crippen molar-refractivity contribution in [1.82, 2.24) is 0 Å². The fourth-order valence-corrected chi connectivity index (χ4v) is 2.44. The van der Waals surface area contributed by atoms with Crippen molar-refractivity contribution < 1.29 is 14.3 Å². The highest BCUT2D eigenvalue weighted by Crippen LogP contribution is 2.27. The molecule has 0 aromatic heterocycles. The van der Waals surface area contributed by atoms with E-state index < -0.39 is 5.97 Å². The van der Waals surface area contributed by atoms with Crippen LogP contribution in [0, 0.1) is 5.82 Å². The minimum atomic E-state index is -1.02. The van der Waals surface area contributed by atoms with Gasteiger partial charge < -0.3 is 15.7 Å². The molecule has 0 saturated carbocycles. The Morgan fingerprint density at radius 1 is 1.38 bits per heavy atom. The largest absolute Gasteiger partial charge is 0.478 e. The van der Waals surface area contributed by atoms with E-state index in [0.717, 1.165) is 5.56 Å². The molecule has 0 amide bonds. The van der Waals surface area contributed by atoms with Gasteiger partial charge in [0.05, 0.1) is 21.4 Å². The summed E-state index contributed by atoms with van der Waals surface area (Å²) in [5.74, 6) is -1.35. The normalized spacial score (nSPS) is 10.4. The summed E-state index contributed by atoms with van der Waals surface area (Å²) in [7, 11) is 1.81. The Bertz CT molecular complexity index is 691. The lowest BCUT2D eigenvalue weighted by Crippen LogP contribution is -2.18. The van der Waals surface area contributed by atoms with Crippen LogP contribution in [0.1, 0.15) is 15.9 Å². The Hall–Kier alpha value is -2.08. The molecule has 0 fully saturated rings. The molecule has 2 rings (SSSR count). The van der Waals surface area contributed by atoms with E-state index in [2.05, 4.69) is 15.9 Å². The second-order valence-corrected chi connectivity index (χ2v) is 5.44. The number of carboxylic acid groups (broad SMARTS) is 1. The fourth-order valence-electron chi connectivity index (χ4n) is 2.05. The number of anilines is 2. The third-order valence-electron chi connectivity index (χ3n) is 3.12. The van der Waals surface area contributed by atoms with Crippen molar-refractivity contribution in [3.8, 4) is 0 Å². The van der Waals surface area contributed by atoms with Gasteiger partial charge >= 0.3 is 5.97 Å². The summed E-state index contributed by atoms with van der Waals surface area (Å²) < 4.78 is 13.9.